The first-order valence-corrected chi connectivity index (χ1v) is 6.04. The van der Waals surface area contributed by atoms with E-state index in [4.69, 9.17) is 0 Å². The van der Waals surface area contributed by atoms with Crippen LogP contribution in [0.2, 0.25) is 0 Å². The Morgan fingerprint density at radius 3 is 2.47 bits per heavy atom. The Balaban J connectivity index is 1.69. The van der Waals surface area contributed by atoms with Crippen molar-refractivity contribution in [2.45, 2.75) is 25.8 Å². The van der Waals surface area contributed by atoms with Gasteiger partial charge in [-0.25, -0.2) is 0 Å². The molecule has 1 heterocycles. The van der Waals surface area contributed by atoms with E-state index in [0.29, 0.717) is 6.54 Å². The number of rotatable bonds is 4. The minimum atomic E-state index is 0.257. The van der Waals surface area contributed by atoms with E-state index in [0.717, 1.165) is 38.8 Å². The van der Waals surface area contributed by atoms with Crippen molar-refractivity contribution in [3.8, 4) is 0 Å². The Labute approximate surface area is 91.6 Å². The molecule has 1 amide bonds. The Bertz CT molecular complexity index is 220. The standard InChI is InChI=1S/C11H21N3O/c1-2-12-9-11(15)14-7-5-13(6-8-14)10-3-4-10/h10,12H,2-9H2,1H3. The van der Waals surface area contributed by atoms with Crippen molar-refractivity contribution in [1.82, 2.24) is 15.1 Å². The number of piperazine rings is 1. The average Bonchev–Trinajstić information content (AvgIpc) is 3.10. The smallest absolute Gasteiger partial charge is 0.236 e. The average molecular weight is 211 g/mol. The molecule has 0 atom stereocenters. The van der Waals surface area contributed by atoms with Gasteiger partial charge in [-0.3, -0.25) is 9.69 Å². The van der Waals surface area contributed by atoms with Gasteiger partial charge in [-0.05, 0) is 19.4 Å². The summed E-state index contributed by atoms with van der Waals surface area (Å²) in [5.41, 5.74) is 0. The quantitative estimate of drug-likeness (QED) is 0.705. The molecule has 0 aromatic heterocycles. The molecule has 0 unspecified atom stereocenters. The van der Waals surface area contributed by atoms with Crippen LogP contribution in [0.4, 0.5) is 0 Å². The van der Waals surface area contributed by atoms with Gasteiger partial charge in [0.25, 0.3) is 0 Å². The van der Waals surface area contributed by atoms with Crippen molar-refractivity contribution >= 4 is 5.91 Å². The zero-order chi connectivity index (χ0) is 10.7. The van der Waals surface area contributed by atoms with Gasteiger partial charge in [-0.15, -0.1) is 0 Å². The van der Waals surface area contributed by atoms with E-state index in [1.807, 2.05) is 11.8 Å². The zero-order valence-corrected chi connectivity index (χ0v) is 9.54. The second kappa shape index (κ2) is 4.94. The number of carbonyl (C=O) groups excluding carboxylic acids is 1. The molecule has 0 spiro atoms. The largest absolute Gasteiger partial charge is 0.339 e. The fourth-order valence-electron chi connectivity index (χ4n) is 2.12. The highest BCUT2D eigenvalue weighted by molar-refractivity contribution is 5.78. The predicted octanol–water partition coefficient (Wildman–Crippen LogP) is -0.0975. The van der Waals surface area contributed by atoms with Crippen LogP contribution in [0.15, 0.2) is 0 Å². The van der Waals surface area contributed by atoms with Crippen molar-refractivity contribution in [1.29, 1.82) is 0 Å². The number of likely N-dealkylation sites (N-methyl/N-ethyl adjacent to an activating group) is 1. The maximum absolute atomic E-state index is 11.7. The molecule has 4 heteroatoms. The Morgan fingerprint density at radius 1 is 1.27 bits per heavy atom. The first-order chi connectivity index (χ1) is 7.31. The molecular formula is C11H21N3O. The molecule has 2 rings (SSSR count). The third kappa shape index (κ3) is 2.92. The third-order valence-corrected chi connectivity index (χ3v) is 3.26. The van der Waals surface area contributed by atoms with Gasteiger partial charge in [-0.1, -0.05) is 6.92 Å². The van der Waals surface area contributed by atoms with Crippen molar-refractivity contribution < 1.29 is 4.79 Å². The number of carbonyl (C=O) groups is 1. The summed E-state index contributed by atoms with van der Waals surface area (Å²) in [6.07, 6.45) is 2.73. The molecular weight excluding hydrogens is 190 g/mol. The lowest BCUT2D eigenvalue weighted by Gasteiger charge is -2.34. The molecule has 2 fully saturated rings. The van der Waals surface area contributed by atoms with E-state index >= 15 is 0 Å². The Morgan fingerprint density at radius 2 is 1.93 bits per heavy atom. The summed E-state index contributed by atoms with van der Waals surface area (Å²) < 4.78 is 0. The lowest BCUT2D eigenvalue weighted by Crippen LogP contribution is -2.51. The normalized spacial score (nSPS) is 23.1. The van der Waals surface area contributed by atoms with Crippen LogP contribution in [-0.4, -0.2) is 61.0 Å². The minimum Gasteiger partial charge on any atom is -0.339 e. The summed E-state index contributed by atoms with van der Waals surface area (Å²) in [5.74, 6) is 0.257. The van der Waals surface area contributed by atoms with Gasteiger partial charge in [0, 0.05) is 32.2 Å². The highest BCUT2D eigenvalue weighted by Gasteiger charge is 2.31. The van der Waals surface area contributed by atoms with Gasteiger partial charge in [0.1, 0.15) is 0 Å². The molecule has 0 aromatic rings. The maximum Gasteiger partial charge on any atom is 0.236 e. The van der Waals surface area contributed by atoms with Crippen LogP contribution in [0.3, 0.4) is 0 Å². The highest BCUT2D eigenvalue weighted by atomic mass is 16.2. The first kappa shape index (κ1) is 10.9. The summed E-state index contributed by atoms with van der Waals surface area (Å²) in [7, 11) is 0. The van der Waals surface area contributed by atoms with E-state index in [2.05, 4.69) is 10.2 Å². The van der Waals surface area contributed by atoms with Gasteiger partial charge < -0.3 is 10.2 Å². The molecule has 0 aromatic carbocycles. The number of nitrogens with one attached hydrogen (secondary N) is 1. The number of hydrogen-bond acceptors (Lipinski definition) is 3. The summed E-state index contributed by atoms with van der Waals surface area (Å²) >= 11 is 0. The number of hydrogen-bond donors (Lipinski definition) is 1. The zero-order valence-electron chi connectivity index (χ0n) is 9.54. The lowest BCUT2D eigenvalue weighted by molar-refractivity contribution is -0.132. The Kier molecular flexibility index (Phi) is 3.59. The minimum absolute atomic E-state index is 0.257. The van der Waals surface area contributed by atoms with Crippen LogP contribution in [0.5, 0.6) is 0 Å². The molecule has 15 heavy (non-hydrogen) atoms. The fraction of sp³-hybridized carbons (Fsp3) is 0.909. The molecule has 1 N–H and O–H groups in total. The molecule has 1 saturated heterocycles. The predicted molar refractivity (Wildman–Crippen MR) is 59.7 cm³/mol. The lowest BCUT2D eigenvalue weighted by atomic mass is 10.3. The van der Waals surface area contributed by atoms with E-state index in [-0.39, 0.29) is 5.91 Å². The van der Waals surface area contributed by atoms with Gasteiger partial charge in [0.15, 0.2) is 0 Å². The first-order valence-electron chi connectivity index (χ1n) is 6.04. The third-order valence-electron chi connectivity index (χ3n) is 3.26. The molecule has 86 valence electrons. The monoisotopic (exact) mass is 211 g/mol. The summed E-state index contributed by atoms with van der Waals surface area (Å²) in [5, 5.41) is 3.09. The summed E-state index contributed by atoms with van der Waals surface area (Å²) in [6, 6.07) is 0.844. The fourth-order valence-corrected chi connectivity index (χ4v) is 2.12. The summed E-state index contributed by atoms with van der Waals surface area (Å²) in [6.45, 7) is 7.37. The van der Waals surface area contributed by atoms with E-state index in [1.165, 1.54) is 12.8 Å². The molecule has 0 radical (unpaired) electrons. The van der Waals surface area contributed by atoms with Gasteiger partial charge in [-0.2, -0.15) is 0 Å². The molecule has 4 nitrogen and oxygen atoms in total. The van der Waals surface area contributed by atoms with Crippen molar-refractivity contribution in [3.63, 3.8) is 0 Å². The molecule has 1 saturated carbocycles. The van der Waals surface area contributed by atoms with Crippen molar-refractivity contribution in [2.75, 3.05) is 39.3 Å². The second-order valence-electron chi connectivity index (χ2n) is 4.43. The highest BCUT2D eigenvalue weighted by Crippen LogP contribution is 2.27. The van der Waals surface area contributed by atoms with Crippen LogP contribution < -0.4 is 5.32 Å². The molecule has 0 bridgehead atoms. The number of nitrogens with zero attached hydrogens (tertiary/aromatic N) is 2. The second-order valence-corrected chi connectivity index (χ2v) is 4.43. The SMILES string of the molecule is CCNCC(=O)N1CCN(C2CC2)CC1. The van der Waals surface area contributed by atoms with E-state index in [9.17, 15) is 4.79 Å². The van der Waals surface area contributed by atoms with Crippen molar-refractivity contribution in [2.24, 2.45) is 0 Å². The molecule has 2 aliphatic rings. The maximum atomic E-state index is 11.7. The summed E-state index contributed by atoms with van der Waals surface area (Å²) in [4.78, 5) is 16.2. The molecule has 1 aliphatic carbocycles. The van der Waals surface area contributed by atoms with E-state index in [1.54, 1.807) is 0 Å². The van der Waals surface area contributed by atoms with Gasteiger partial charge in [0.2, 0.25) is 5.91 Å². The Hall–Kier alpha value is -0.610. The van der Waals surface area contributed by atoms with Gasteiger partial charge >= 0.3 is 0 Å². The number of amides is 1. The molecule has 1 aliphatic heterocycles. The van der Waals surface area contributed by atoms with Crippen LogP contribution in [0, 0.1) is 0 Å². The van der Waals surface area contributed by atoms with Crippen molar-refractivity contribution in [3.05, 3.63) is 0 Å². The van der Waals surface area contributed by atoms with Gasteiger partial charge in [0.05, 0.1) is 6.54 Å². The van der Waals surface area contributed by atoms with Crippen LogP contribution in [-0.2, 0) is 4.79 Å². The van der Waals surface area contributed by atoms with Crippen LogP contribution in [0.25, 0.3) is 0 Å². The van der Waals surface area contributed by atoms with Crippen LogP contribution in [0.1, 0.15) is 19.8 Å². The van der Waals surface area contributed by atoms with E-state index < -0.39 is 0 Å². The van der Waals surface area contributed by atoms with Crippen LogP contribution >= 0.6 is 0 Å². The topological polar surface area (TPSA) is 35.6 Å².